The van der Waals surface area contributed by atoms with E-state index in [1.807, 2.05) is 6.92 Å². The van der Waals surface area contributed by atoms with Crippen molar-refractivity contribution in [2.45, 2.75) is 64.6 Å². The van der Waals surface area contributed by atoms with Gasteiger partial charge in [-0.3, -0.25) is 9.36 Å². The molecule has 1 heterocycles. The minimum absolute atomic E-state index is 0.00118. The molecule has 2 atom stereocenters. The molecular formula is C16H24F2N2O2. The Morgan fingerprint density at radius 2 is 2.09 bits per heavy atom. The molecular weight excluding hydrogens is 290 g/mol. The van der Waals surface area contributed by atoms with Crippen LogP contribution >= 0.6 is 0 Å². The zero-order valence-corrected chi connectivity index (χ0v) is 13.1. The first kappa shape index (κ1) is 16.9. The van der Waals surface area contributed by atoms with Crippen molar-refractivity contribution in [3.8, 4) is 0 Å². The molecule has 0 saturated heterocycles. The number of aliphatic hydroxyl groups is 1. The number of carbonyl (C=O) groups is 1. The maximum atomic E-state index is 13.2. The van der Waals surface area contributed by atoms with Crippen LogP contribution in [0.4, 0.5) is 8.78 Å². The molecule has 2 rings (SSSR count). The molecule has 6 heteroatoms. The molecule has 1 saturated carbocycles. The van der Waals surface area contributed by atoms with Crippen molar-refractivity contribution in [2.24, 2.45) is 0 Å². The lowest BCUT2D eigenvalue weighted by Crippen LogP contribution is -2.49. The maximum absolute atomic E-state index is 13.2. The van der Waals surface area contributed by atoms with Crippen LogP contribution in [0.5, 0.6) is 0 Å². The van der Waals surface area contributed by atoms with E-state index in [0.29, 0.717) is 18.7 Å². The van der Waals surface area contributed by atoms with E-state index in [0.717, 1.165) is 30.3 Å². The number of aryl methyl sites for hydroxylation is 1. The van der Waals surface area contributed by atoms with Crippen LogP contribution in [0.15, 0.2) is 12.1 Å². The van der Waals surface area contributed by atoms with Gasteiger partial charge >= 0.3 is 6.55 Å². The van der Waals surface area contributed by atoms with Gasteiger partial charge in [0.05, 0.1) is 12.1 Å². The molecule has 1 aliphatic rings. The van der Waals surface area contributed by atoms with Crippen molar-refractivity contribution in [3.63, 3.8) is 0 Å². The van der Waals surface area contributed by atoms with Crippen LogP contribution in [0.1, 0.15) is 61.8 Å². The molecule has 1 fully saturated rings. The Bertz CT molecular complexity index is 516. The number of amides is 1. The summed E-state index contributed by atoms with van der Waals surface area (Å²) < 4.78 is 27.2. The second-order valence-electron chi connectivity index (χ2n) is 5.93. The van der Waals surface area contributed by atoms with E-state index >= 15 is 0 Å². The van der Waals surface area contributed by atoms with Gasteiger partial charge in [-0.05, 0) is 38.3 Å². The van der Waals surface area contributed by atoms with Crippen LogP contribution in [0.3, 0.4) is 0 Å². The second-order valence-corrected chi connectivity index (χ2v) is 5.93. The van der Waals surface area contributed by atoms with E-state index in [4.69, 9.17) is 0 Å². The van der Waals surface area contributed by atoms with Crippen molar-refractivity contribution in [2.75, 3.05) is 6.54 Å². The van der Waals surface area contributed by atoms with E-state index in [9.17, 15) is 18.7 Å². The number of rotatable bonds is 5. The molecule has 22 heavy (non-hydrogen) atoms. The molecule has 0 bridgehead atoms. The Morgan fingerprint density at radius 1 is 1.41 bits per heavy atom. The summed E-state index contributed by atoms with van der Waals surface area (Å²) in [6.45, 7) is 1.22. The van der Waals surface area contributed by atoms with Crippen molar-refractivity contribution >= 4 is 5.91 Å². The van der Waals surface area contributed by atoms with E-state index in [-0.39, 0.29) is 11.7 Å². The van der Waals surface area contributed by atoms with Crippen LogP contribution in [0.2, 0.25) is 0 Å². The number of alkyl halides is 2. The fourth-order valence-electron chi connectivity index (χ4n) is 3.24. The fourth-order valence-corrected chi connectivity index (χ4v) is 3.24. The van der Waals surface area contributed by atoms with Crippen LogP contribution in [-0.2, 0) is 0 Å². The molecule has 0 aliphatic heterocycles. The van der Waals surface area contributed by atoms with Crippen molar-refractivity contribution in [3.05, 3.63) is 23.5 Å². The van der Waals surface area contributed by atoms with Crippen LogP contribution < -0.4 is 0 Å². The fraction of sp³-hybridized carbons (Fsp3) is 0.688. The molecule has 0 unspecified atom stereocenters. The summed E-state index contributed by atoms with van der Waals surface area (Å²) in [4.78, 5) is 14.4. The summed E-state index contributed by atoms with van der Waals surface area (Å²) in [6.07, 6.45) is 3.43. The summed E-state index contributed by atoms with van der Waals surface area (Å²) in [6, 6.07) is 2.70. The van der Waals surface area contributed by atoms with Gasteiger partial charge in [0.2, 0.25) is 0 Å². The molecule has 0 radical (unpaired) electrons. The molecule has 0 spiro atoms. The Kier molecular flexibility index (Phi) is 5.56. The lowest BCUT2D eigenvalue weighted by molar-refractivity contribution is 0.0145. The third-order valence-electron chi connectivity index (χ3n) is 4.36. The highest BCUT2D eigenvalue weighted by Gasteiger charge is 2.33. The number of aromatic nitrogens is 1. The first-order valence-corrected chi connectivity index (χ1v) is 7.92. The normalized spacial score (nSPS) is 22.1. The monoisotopic (exact) mass is 314 g/mol. The van der Waals surface area contributed by atoms with Gasteiger partial charge in [0.15, 0.2) is 0 Å². The Morgan fingerprint density at radius 3 is 2.68 bits per heavy atom. The quantitative estimate of drug-likeness (QED) is 0.906. The third-order valence-corrected chi connectivity index (χ3v) is 4.36. The number of aliphatic hydroxyl groups excluding tert-OH is 1. The average molecular weight is 314 g/mol. The van der Waals surface area contributed by atoms with Gasteiger partial charge in [-0.2, -0.15) is 8.78 Å². The van der Waals surface area contributed by atoms with Gasteiger partial charge < -0.3 is 10.0 Å². The smallest absolute Gasteiger partial charge is 0.319 e. The Balaban J connectivity index is 2.30. The van der Waals surface area contributed by atoms with Crippen LogP contribution in [0.25, 0.3) is 0 Å². The van der Waals surface area contributed by atoms with Gasteiger partial charge in [-0.1, -0.05) is 19.8 Å². The predicted molar refractivity (Wildman–Crippen MR) is 80.0 cm³/mol. The molecule has 124 valence electrons. The summed E-state index contributed by atoms with van der Waals surface area (Å²) in [5.74, 6) is -0.416. The summed E-state index contributed by atoms with van der Waals surface area (Å²) >= 11 is 0. The van der Waals surface area contributed by atoms with Crippen molar-refractivity contribution < 1.29 is 18.7 Å². The maximum Gasteiger partial charge on any atom is 0.319 e. The van der Waals surface area contributed by atoms with Gasteiger partial charge in [-0.25, -0.2) is 0 Å². The van der Waals surface area contributed by atoms with E-state index in [2.05, 4.69) is 0 Å². The minimum Gasteiger partial charge on any atom is -0.391 e. The highest BCUT2D eigenvalue weighted by Crippen LogP contribution is 2.27. The standard InChI is InChI=1S/C16H24F2N2O2/c1-3-10-19(12-6-4-5-7-14(12)21)15(22)13-9-8-11(2)20(13)16(17)18/h8-9,12,14,16,21H,3-7,10H2,1-2H3/t12-,14-/m1/s1. The summed E-state index contributed by atoms with van der Waals surface area (Å²) in [5.41, 5.74) is 0.359. The Labute approximate surface area is 129 Å². The topological polar surface area (TPSA) is 45.5 Å². The molecule has 4 nitrogen and oxygen atoms in total. The molecule has 1 aromatic rings. The largest absolute Gasteiger partial charge is 0.391 e. The van der Waals surface area contributed by atoms with Crippen LogP contribution in [0, 0.1) is 6.92 Å². The van der Waals surface area contributed by atoms with Crippen molar-refractivity contribution in [1.29, 1.82) is 0 Å². The molecule has 1 amide bonds. The minimum atomic E-state index is -2.74. The first-order chi connectivity index (χ1) is 10.5. The Hall–Kier alpha value is -1.43. The number of halogens is 2. The summed E-state index contributed by atoms with van der Waals surface area (Å²) in [7, 11) is 0. The van der Waals surface area contributed by atoms with Gasteiger partial charge in [0, 0.05) is 12.2 Å². The van der Waals surface area contributed by atoms with Crippen LogP contribution in [-0.4, -0.2) is 39.2 Å². The highest BCUT2D eigenvalue weighted by molar-refractivity contribution is 5.93. The molecule has 1 aliphatic carbocycles. The zero-order valence-electron chi connectivity index (χ0n) is 13.1. The summed E-state index contributed by atoms with van der Waals surface area (Å²) in [5, 5.41) is 10.2. The van der Waals surface area contributed by atoms with E-state index < -0.39 is 18.6 Å². The number of hydrogen-bond donors (Lipinski definition) is 1. The highest BCUT2D eigenvalue weighted by atomic mass is 19.3. The molecule has 0 aromatic carbocycles. The molecule has 1 aromatic heterocycles. The van der Waals surface area contributed by atoms with Crippen molar-refractivity contribution in [1.82, 2.24) is 9.47 Å². The van der Waals surface area contributed by atoms with E-state index in [1.165, 1.54) is 12.1 Å². The SMILES string of the molecule is CCCN(C(=O)c1ccc(C)n1C(F)F)[C@@H]1CCCC[C@H]1O. The van der Waals surface area contributed by atoms with Gasteiger partial charge in [0.25, 0.3) is 5.91 Å². The number of hydrogen-bond acceptors (Lipinski definition) is 2. The zero-order chi connectivity index (χ0) is 16.3. The lowest BCUT2D eigenvalue weighted by atomic mass is 9.91. The predicted octanol–water partition coefficient (Wildman–Crippen LogP) is 3.35. The number of nitrogens with zero attached hydrogens (tertiary/aromatic N) is 2. The average Bonchev–Trinajstić information content (AvgIpc) is 2.87. The van der Waals surface area contributed by atoms with Gasteiger partial charge in [-0.15, -0.1) is 0 Å². The third kappa shape index (κ3) is 3.32. The molecule has 1 N–H and O–H groups in total. The first-order valence-electron chi connectivity index (χ1n) is 7.92. The van der Waals surface area contributed by atoms with E-state index in [1.54, 1.807) is 11.8 Å². The lowest BCUT2D eigenvalue weighted by Gasteiger charge is -2.37. The van der Waals surface area contributed by atoms with Gasteiger partial charge in [0.1, 0.15) is 5.69 Å². The number of carbonyl (C=O) groups excluding carboxylic acids is 1. The second kappa shape index (κ2) is 7.22.